The van der Waals surface area contributed by atoms with E-state index in [0.717, 1.165) is 36.6 Å². The van der Waals surface area contributed by atoms with Gasteiger partial charge in [0.1, 0.15) is 5.75 Å². The van der Waals surface area contributed by atoms with Crippen LogP contribution in [0.15, 0.2) is 28.4 Å². The van der Waals surface area contributed by atoms with E-state index in [-0.39, 0.29) is 11.8 Å². The van der Waals surface area contributed by atoms with Gasteiger partial charge in [0.2, 0.25) is 5.88 Å². The second-order valence-corrected chi connectivity index (χ2v) is 6.46. The van der Waals surface area contributed by atoms with Crippen LogP contribution in [0.2, 0.25) is 0 Å². The number of azo groups is 1. The third-order valence-corrected chi connectivity index (χ3v) is 4.42. The first-order valence-corrected chi connectivity index (χ1v) is 9.46. The summed E-state index contributed by atoms with van der Waals surface area (Å²) in [5, 5.41) is 19.2. The first-order chi connectivity index (χ1) is 12.6. The Morgan fingerprint density at radius 3 is 2.62 bits per heavy atom. The smallest absolute Gasteiger partial charge is 0.264 e. The fourth-order valence-corrected chi connectivity index (χ4v) is 3.01. The molecule has 2 rings (SSSR count). The van der Waals surface area contributed by atoms with Crippen molar-refractivity contribution in [1.82, 2.24) is 4.57 Å². The molecule has 26 heavy (non-hydrogen) atoms. The van der Waals surface area contributed by atoms with Crippen molar-refractivity contribution in [2.24, 2.45) is 10.2 Å². The van der Waals surface area contributed by atoms with Crippen molar-refractivity contribution >= 4 is 22.5 Å². The first-order valence-electron chi connectivity index (χ1n) is 9.46. The molecule has 6 nitrogen and oxygen atoms in total. The number of hydrogen-bond acceptors (Lipinski definition) is 4. The van der Waals surface area contributed by atoms with E-state index >= 15 is 0 Å². The number of nitrogens with zero attached hydrogens (tertiary/aromatic N) is 3. The van der Waals surface area contributed by atoms with Crippen LogP contribution in [0.1, 0.15) is 58.8 Å². The quantitative estimate of drug-likeness (QED) is 0.434. The van der Waals surface area contributed by atoms with Gasteiger partial charge in [0.25, 0.3) is 5.91 Å². The molecule has 0 aliphatic rings. The highest BCUT2D eigenvalue weighted by Crippen LogP contribution is 2.40. The zero-order valence-electron chi connectivity index (χ0n) is 16.0. The van der Waals surface area contributed by atoms with Crippen LogP contribution in [0, 0.1) is 0 Å². The van der Waals surface area contributed by atoms with Crippen molar-refractivity contribution in [1.29, 1.82) is 0 Å². The van der Waals surface area contributed by atoms with E-state index in [2.05, 4.69) is 17.2 Å². The average molecular weight is 359 g/mol. The maximum atomic E-state index is 12.0. The van der Waals surface area contributed by atoms with Crippen molar-refractivity contribution in [2.45, 2.75) is 65.3 Å². The molecule has 0 saturated carbocycles. The second-order valence-electron chi connectivity index (χ2n) is 6.46. The fourth-order valence-electron chi connectivity index (χ4n) is 3.01. The average Bonchev–Trinajstić information content (AvgIpc) is 2.91. The predicted octanol–water partition coefficient (Wildman–Crippen LogP) is 5.74. The normalized spacial score (nSPS) is 11.5. The van der Waals surface area contributed by atoms with Crippen LogP contribution in [-0.2, 0) is 11.3 Å². The van der Waals surface area contributed by atoms with Crippen molar-refractivity contribution in [3.8, 4) is 11.6 Å². The molecule has 1 amide bonds. The van der Waals surface area contributed by atoms with Gasteiger partial charge in [-0.3, -0.25) is 4.79 Å². The Morgan fingerprint density at radius 1 is 1.15 bits per heavy atom. The number of unbranched alkanes of at least 4 members (excludes halogenated alkanes) is 4. The van der Waals surface area contributed by atoms with Gasteiger partial charge in [0, 0.05) is 18.4 Å². The molecule has 142 valence electrons. The molecule has 0 fully saturated rings. The van der Waals surface area contributed by atoms with Crippen LogP contribution in [0.5, 0.6) is 11.6 Å². The molecule has 1 aromatic carbocycles. The molecular weight excluding hydrogens is 330 g/mol. The van der Waals surface area contributed by atoms with Gasteiger partial charge in [0.05, 0.1) is 12.6 Å². The minimum Gasteiger partial charge on any atom is -0.497 e. The third-order valence-electron chi connectivity index (χ3n) is 4.42. The van der Waals surface area contributed by atoms with Crippen LogP contribution in [0.3, 0.4) is 0 Å². The fraction of sp³-hybridized carbons (Fsp3) is 0.550. The summed E-state index contributed by atoms with van der Waals surface area (Å²) in [4.78, 5) is 12.0. The lowest BCUT2D eigenvalue weighted by molar-refractivity contribution is -0.118. The number of rotatable bonds is 10. The summed E-state index contributed by atoms with van der Waals surface area (Å²) in [5.74, 6) is 0.458. The predicted molar refractivity (Wildman–Crippen MR) is 103 cm³/mol. The molecule has 2 aromatic rings. The highest BCUT2D eigenvalue weighted by molar-refractivity contribution is 5.96. The van der Waals surface area contributed by atoms with Crippen LogP contribution < -0.4 is 4.74 Å². The molecule has 6 heteroatoms. The topological polar surface area (TPSA) is 76.2 Å². The second kappa shape index (κ2) is 9.94. The minimum absolute atomic E-state index is 0.0367. The van der Waals surface area contributed by atoms with Gasteiger partial charge < -0.3 is 14.4 Å². The summed E-state index contributed by atoms with van der Waals surface area (Å²) in [5.41, 5.74) is 1.18. The van der Waals surface area contributed by atoms with Crippen LogP contribution in [-0.4, -0.2) is 22.7 Å². The van der Waals surface area contributed by atoms with Crippen molar-refractivity contribution < 1.29 is 14.6 Å². The molecule has 0 atom stereocenters. The Bertz CT molecular complexity index is 765. The number of benzene rings is 1. The van der Waals surface area contributed by atoms with Gasteiger partial charge in [-0.1, -0.05) is 39.5 Å². The third kappa shape index (κ3) is 4.84. The zero-order chi connectivity index (χ0) is 18.9. The summed E-state index contributed by atoms with van der Waals surface area (Å²) in [6.45, 7) is 4.86. The number of aromatic nitrogens is 1. The standard InChI is InChI=1S/C20H29N3O3/c1-4-6-7-8-9-10-18(24)21-22-19-16-14-15(26-3)11-12-17(16)23(13-5-2)20(19)25/h11-12,14,25H,4-10,13H2,1-3H3. The van der Waals surface area contributed by atoms with E-state index in [0.29, 0.717) is 24.4 Å². The van der Waals surface area contributed by atoms with Crippen LogP contribution in [0.25, 0.3) is 10.9 Å². The van der Waals surface area contributed by atoms with Crippen molar-refractivity contribution in [3.63, 3.8) is 0 Å². The summed E-state index contributed by atoms with van der Waals surface area (Å²) >= 11 is 0. The number of carbonyl (C=O) groups is 1. The number of ether oxygens (including phenoxy) is 1. The van der Waals surface area contributed by atoms with Crippen LogP contribution >= 0.6 is 0 Å². The molecule has 0 saturated heterocycles. The van der Waals surface area contributed by atoms with E-state index in [9.17, 15) is 9.90 Å². The molecule has 0 radical (unpaired) electrons. The maximum Gasteiger partial charge on any atom is 0.264 e. The molecule has 0 bridgehead atoms. The van der Waals surface area contributed by atoms with Gasteiger partial charge in [-0.2, -0.15) is 0 Å². The lowest BCUT2D eigenvalue weighted by Crippen LogP contribution is -1.95. The summed E-state index contributed by atoms with van der Waals surface area (Å²) in [6, 6.07) is 5.54. The van der Waals surface area contributed by atoms with Gasteiger partial charge in [0.15, 0.2) is 5.69 Å². The molecule has 0 spiro atoms. The van der Waals surface area contributed by atoms with E-state index in [1.807, 2.05) is 25.1 Å². The van der Waals surface area contributed by atoms with Crippen LogP contribution in [0.4, 0.5) is 5.69 Å². The van der Waals surface area contributed by atoms with Gasteiger partial charge >= 0.3 is 0 Å². The number of methoxy groups -OCH3 is 1. The highest BCUT2D eigenvalue weighted by Gasteiger charge is 2.17. The Kier molecular flexibility index (Phi) is 7.63. The monoisotopic (exact) mass is 359 g/mol. The number of aromatic hydroxyl groups is 1. The molecule has 1 aromatic heterocycles. The van der Waals surface area contributed by atoms with Gasteiger partial charge in [-0.05, 0) is 31.0 Å². The van der Waals surface area contributed by atoms with Gasteiger partial charge in [-0.25, -0.2) is 0 Å². The summed E-state index contributed by atoms with van der Waals surface area (Å²) in [6.07, 6.45) is 6.65. The molecule has 1 N–H and O–H groups in total. The lowest BCUT2D eigenvalue weighted by Gasteiger charge is -2.04. The number of amides is 1. The summed E-state index contributed by atoms with van der Waals surface area (Å²) in [7, 11) is 1.59. The number of hydrogen-bond donors (Lipinski definition) is 1. The number of carbonyl (C=O) groups excluding carboxylic acids is 1. The molecule has 0 aliphatic carbocycles. The Hall–Kier alpha value is -2.37. The Labute approximate surface area is 154 Å². The van der Waals surface area contributed by atoms with E-state index in [4.69, 9.17) is 4.74 Å². The zero-order valence-corrected chi connectivity index (χ0v) is 16.0. The minimum atomic E-state index is -0.250. The largest absolute Gasteiger partial charge is 0.497 e. The van der Waals surface area contributed by atoms with E-state index in [1.54, 1.807) is 11.7 Å². The maximum absolute atomic E-state index is 12.0. The lowest BCUT2D eigenvalue weighted by atomic mass is 10.1. The number of fused-ring (bicyclic) bond motifs is 1. The first kappa shape index (κ1) is 19.9. The SMILES string of the molecule is CCCCCCCC(=O)N=Nc1c(O)n(CCC)c2ccc(OC)cc12. The molecule has 0 aliphatic heterocycles. The molecular formula is C20H29N3O3. The highest BCUT2D eigenvalue weighted by atomic mass is 16.5. The Morgan fingerprint density at radius 2 is 1.92 bits per heavy atom. The van der Waals surface area contributed by atoms with Gasteiger partial charge in [-0.15, -0.1) is 10.2 Å². The van der Waals surface area contributed by atoms with E-state index in [1.165, 1.54) is 12.8 Å². The van der Waals surface area contributed by atoms with Crippen molar-refractivity contribution in [3.05, 3.63) is 18.2 Å². The van der Waals surface area contributed by atoms with Crippen molar-refractivity contribution in [2.75, 3.05) is 7.11 Å². The van der Waals surface area contributed by atoms with E-state index < -0.39 is 0 Å². The molecule has 1 heterocycles. The summed E-state index contributed by atoms with van der Waals surface area (Å²) < 4.78 is 7.06. The Balaban J connectivity index is 2.19. The number of aryl methyl sites for hydroxylation is 1. The molecule has 0 unspecified atom stereocenters.